The molecule has 0 heterocycles. The Hall–Kier alpha value is -0.820. The van der Waals surface area contributed by atoms with E-state index in [1.807, 2.05) is 0 Å². The van der Waals surface area contributed by atoms with Crippen molar-refractivity contribution in [2.24, 2.45) is 5.41 Å². The van der Waals surface area contributed by atoms with Crippen molar-refractivity contribution in [1.29, 1.82) is 0 Å². The van der Waals surface area contributed by atoms with Crippen LogP contribution in [0, 0.1) is 5.41 Å². The van der Waals surface area contributed by atoms with Gasteiger partial charge in [-0.15, -0.1) is 0 Å². The molecule has 0 fully saturated rings. The third-order valence-corrected chi connectivity index (χ3v) is 2.97. The van der Waals surface area contributed by atoms with E-state index >= 15 is 0 Å². The first-order chi connectivity index (χ1) is 7.04. The zero-order chi connectivity index (χ0) is 10.9. The molecule has 0 saturated carbocycles. The fourth-order valence-electron chi connectivity index (χ4n) is 2.15. The van der Waals surface area contributed by atoms with E-state index in [9.17, 15) is 0 Å². The number of benzene rings is 1. The quantitative estimate of drug-likeness (QED) is 0.779. The number of hydrogen-bond acceptors (Lipinski definition) is 1. The van der Waals surface area contributed by atoms with Crippen LogP contribution in [0.4, 0.5) is 0 Å². The molecule has 0 aliphatic heterocycles. The summed E-state index contributed by atoms with van der Waals surface area (Å²) in [7, 11) is 0. The van der Waals surface area contributed by atoms with Crippen LogP contribution in [0.5, 0.6) is 0 Å². The van der Waals surface area contributed by atoms with Crippen molar-refractivity contribution in [3.63, 3.8) is 0 Å². The molecule has 0 unspecified atom stereocenters. The summed E-state index contributed by atoms with van der Waals surface area (Å²) in [6, 6.07) is 9.46. The van der Waals surface area contributed by atoms with Crippen molar-refractivity contribution in [3.05, 3.63) is 35.4 Å². The molecule has 1 aliphatic rings. The summed E-state index contributed by atoms with van der Waals surface area (Å²) in [6.45, 7) is 7.94. The minimum Gasteiger partial charge on any atom is -0.313 e. The average molecular weight is 203 g/mol. The molecule has 1 aromatic rings. The van der Waals surface area contributed by atoms with Crippen molar-refractivity contribution in [3.8, 4) is 0 Å². The lowest BCUT2D eigenvalue weighted by atomic mass is 9.96. The molecular formula is C14H21N. The highest BCUT2D eigenvalue weighted by Gasteiger charge is 2.21. The molecule has 0 bridgehead atoms. The van der Waals surface area contributed by atoms with Crippen molar-refractivity contribution in [2.75, 3.05) is 6.54 Å². The van der Waals surface area contributed by atoms with E-state index in [0.29, 0.717) is 11.5 Å². The molecular weight excluding hydrogens is 182 g/mol. The molecule has 0 amide bonds. The lowest BCUT2D eigenvalue weighted by Gasteiger charge is -2.22. The Kier molecular flexibility index (Phi) is 2.83. The summed E-state index contributed by atoms with van der Waals surface area (Å²) >= 11 is 0. The van der Waals surface area contributed by atoms with Crippen molar-refractivity contribution >= 4 is 0 Å². The molecule has 0 spiro atoms. The molecule has 1 nitrogen and oxygen atoms in total. The minimum absolute atomic E-state index is 0.384. The molecule has 1 aromatic carbocycles. The van der Waals surface area contributed by atoms with Gasteiger partial charge in [0.2, 0.25) is 0 Å². The van der Waals surface area contributed by atoms with Crippen LogP contribution in [-0.2, 0) is 12.8 Å². The molecule has 0 radical (unpaired) electrons. The van der Waals surface area contributed by atoms with Gasteiger partial charge in [-0.2, -0.15) is 0 Å². The minimum atomic E-state index is 0.384. The van der Waals surface area contributed by atoms with Crippen LogP contribution < -0.4 is 5.32 Å². The second-order valence-corrected chi connectivity index (χ2v) is 5.82. The summed E-state index contributed by atoms with van der Waals surface area (Å²) in [5.74, 6) is 0. The predicted molar refractivity (Wildman–Crippen MR) is 65.1 cm³/mol. The molecule has 82 valence electrons. The summed E-state index contributed by atoms with van der Waals surface area (Å²) in [5, 5.41) is 3.67. The van der Waals surface area contributed by atoms with Crippen LogP contribution >= 0.6 is 0 Å². The van der Waals surface area contributed by atoms with Gasteiger partial charge in [-0.3, -0.25) is 0 Å². The summed E-state index contributed by atoms with van der Waals surface area (Å²) in [6.07, 6.45) is 2.40. The van der Waals surface area contributed by atoms with E-state index < -0.39 is 0 Å². The zero-order valence-electron chi connectivity index (χ0n) is 10.0. The molecule has 0 aromatic heterocycles. The summed E-state index contributed by atoms with van der Waals surface area (Å²) in [4.78, 5) is 0. The third kappa shape index (κ3) is 2.82. The monoisotopic (exact) mass is 203 g/mol. The Balaban J connectivity index is 1.91. The highest BCUT2D eigenvalue weighted by Crippen LogP contribution is 2.22. The van der Waals surface area contributed by atoms with Crippen LogP contribution in [0.25, 0.3) is 0 Å². The van der Waals surface area contributed by atoms with Crippen molar-refractivity contribution < 1.29 is 0 Å². The summed E-state index contributed by atoms with van der Waals surface area (Å²) < 4.78 is 0. The fraction of sp³-hybridized carbons (Fsp3) is 0.571. The van der Waals surface area contributed by atoms with Crippen LogP contribution in [0.3, 0.4) is 0 Å². The lowest BCUT2D eigenvalue weighted by Crippen LogP contribution is -2.36. The van der Waals surface area contributed by atoms with Gasteiger partial charge in [-0.25, -0.2) is 0 Å². The van der Waals surface area contributed by atoms with Crippen LogP contribution in [-0.4, -0.2) is 12.6 Å². The van der Waals surface area contributed by atoms with E-state index in [0.717, 1.165) is 6.54 Å². The van der Waals surface area contributed by atoms with Gasteiger partial charge in [-0.05, 0) is 29.4 Å². The van der Waals surface area contributed by atoms with Crippen LogP contribution in [0.15, 0.2) is 24.3 Å². The van der Waals surface area contributed by atoms with E-state index in [4.69, 9.17) is 0 Å². The Morgan fingerprint density at radius 3 is 2.13 bits per heavy atom. The maximum Gasteiger partial charge on any atom is 0.0148 e. The zero-order valence-corrected chi connectivity index (χ0v) is 10.0. The Morgan fingerprint density at radius 1 is 1.13 bits per heavy atom. The molecule has 1 aliphatic carbocycles. The molecule has 0 atom stereocenters. The first-order valence-electron chi connectivity index (χ1n) is 5.85. The second-order valence-electron chi connectivity index (χ2n) is 5.82. The van der Waals surface area contributed by atoms with Gasteiger partial charge in [0.25, 0.3) is 0 Å². The van der Waals surface area contributed by atoms with Gasteiger partial charge in [0.15, 0.2) is 0 Å². The topological polar surface area (TPSA) is 12.0 Å². The molecule has 2 rings (SSSR count). The highest BCUT2D eigenvalue weighted by atomic mass is 14.9. The molecule has 1 heteroatoms. The second kappa shape index (κ2) is 3.97. The lowest BCUT2D eigenvalue weighted by molar-refractivity contribution is 0.353. The van der Waals surface area contributed by atoms with E-state index in [-0.39, 0.29) is 0 Å². The third-order valence-electron chi connectivity index (χ3n) is 2.97. The van der Waals surface area contributed by atoms with Crippen LogP contribution in [0.2, 0.25) is 0 Å². The molecule has 0 saturated heterocycles. The van der Waals surface area contributed by atoms with Crippen molar-refractivity contribution in [2.45, 2.75) is 39.7 Å². The maximum atomic E-state index is 3.67. The number of nitrogens with one attached hydrogen (secondary N) is 1. The van der Waals surface area contributed by atoms with E-state index in [1.54, 1.807) is 0 Å². The standard InChI is InChI=1S/C14H21N/c1-14(2,3)10-15-13-8-11-6-4-5-7-12(11)9-13/h4-7,13,15H,8-10H2,1-3H3. The predicted octanol–water partition coefficient (Wildman–Crippen LogP) is 2.79. The number of rotatable bonds is 2. The maximum absolute atomic E-state index is 3.67. The van der Waals surface area contributed by atoms with E-state index in [2.05, 4.69) is 50.4 Å². The summed E-state index contributed by atoms with van der Waals surface area (Å²) in [5.41, 5.74) is 3.45. The normalized spacial score (nSPS) is 16.7. The molecule has 15 heavy (non-hydrogen) atoms. The number of hydrogen-bond donors (Lipinski definition) is 1. The first kappa shape index (κ1) is 10.7. The van der Waals surface area contributed by atoms with E-state index in [1.165, 1.54) is 24.0 Å². The van der Waals surface area contributed by atoms with Crippen molar-refractivity contribution in [1.82, 2.24) is 5.32 Å². The highest BCUT2D eigenvalue weighted by molar-refractivity contribution is 5.33. The smallest absolute Gasteiger partial charge is 0.0148 e. The van der Waals surface area contributed by atoms with Gasteiger partial charge in [0.1, 0.15) is 0 Å². The van der Waals surface area contributed by atoms with Gasteiger partial charge in [0.05, 0.1) is 0 Å². The fourth-order valence-corrected chi connectivity index (χ4v) is 2.15. The Labute approximate surface area is 92.9 Å². The Bertz CT molecular complexity index is 310. The van der Waals surface area contributed by atoms with Gasteiger partial charge in [0, 0.05) is 12.6 Å². The SMILES string of the molecule is CC(C)(C)CNC1Cc2ccccc2C1. The first-order valence-corrected chi connectivity index (χ1v) is 5.85. The molecule has 1 N–H and O–H groups in total. The van der Waals surface area contributed by atoms with Crippen LogP contribution in [0.1, 0.15) is 31.9 Å². The largest absolute Gasteiger partial charge is 0.313 e. The van der Waals surface area contributed by atoms with Gasteiger partial charge >= 0.3 is 0 Å². The number of fused-ring (bicyclic) bond motifs is 1. The Morgan fingerprint density at radius 2 is 1.67 bits per heavy atom. The average Bonchev–Trinajstić information content (AvgIpc) is 2.56. The van der Waals surface area contributed by atoms with Gasteiger partial charge < -0.3 is 5.32 Å². The van der Waals surface area contributed by atoms with Gasteiger partial charge in [-0.1, -0.05) is 45.0 Å².